The van der Waals surface area contributed by atoms with Gasteiger partial charge in [0.15, 0.2) is 22.1 Å². The molecule has 31 heavy (non-hydrogen) atoms. The molecule has 0 saturated heterocycles. The molecule has 2 aromatic carbocycles. The van der Waals surface area contributed by atoms with Gasteiger partial charge in [-0.2, -0.15) is 13.9 Å². The number of rotatable bonds is 9. The van der Waals surface area contributed by atoms with E-state index >= 15 is 0 Å². The summed E-state index contributed by atoms with van der Waals surface area (Å²) >= 11 is 5.26. The molecule has 0 fully saturated rings. The van der Waals surface area contributed by atoms with Gasteiger partial charge in [-0.1, -0.05) is 35.9 Å². The molecule has 7 nitrogen and oxygen atoms in total. The molecule has 10 heteroatoms. The van der Waals surface area contributed by atoms with E-state index in [-0.39, 0.29) is 24.0 Å². The Bertz CT molecular complexity index is 1100. The van der Waals surface area contributed by atoms with Crippen LogP contribution in [0.15, 0.2) is 42.5 Å². The number of hydrogen-bond donors (Lipinski definition) is 2. The molecule has 1 amide bonds. The lowest BCUT2D eigenvalue weighted by molar-refractivity contribution is -0.121. The Balaban J connectivity index is 1.61. The predicted molar refractivity (Wildman–Crippen MR) is 114 cm³/mol. The highest BCUT2D eigenvalue weighted by Crippen LogP contribution is 2.29. The molecular formula is C21H22F2N4O3S. The highest BCUT2D eigenvalue weighted by Gasteiger charge is 2.13. The highest BCUT2D eigenvalue weighted by atomic mass is 32.1. The van der Waals surface area contributed by atoms with Gasteiger partial charge in [-0.25, -0.2) is 0 Å². The fraction of sp³-hybridized carbons (Fsp3) is 0.286. The molecule has 164 valence electrons. The first-order chi connectivity index (χ1) is 14.9. The molecule has 0 unspecified atom stereocenters. The average Bonchev–Trinajstić information content (AvgIpc) is 3.08. The summed E-state index contributed by atoms with van der Waals surface area (Å²) in [7, 11) is 1.37. The van der Waals surface area contributed by atoms with E-state index < -0.39 is 6.61 Å². The van der Waals surface area contributed by atoms with Gasteiger partial charge in [0.1, 0.15) is 6.54 Å². The molecule has 0 aliphatic rings. The Hall–Kier alpha value is -3.27. The first kappa shape index (κ1) is 22.4. The smallest absolute Gasteiger partial charge is 0.387 e. The molecule has 3 aromatic rings. The molecule has 0 bridgehead atoms. The molecular weight excluding hydrogens is 426 g/mol. The van der Waals surface area contributed by atoms with Crippen molar-refractivity contribution in [3.63, 3.8) is 0 Å². The number of amides is 1. The Labute approximate surface area is 183 Å². The summed E-state index contributed by atoms with van der Waals surface area (Å²) in [4.78, 5) is 12.4. The number of aromatic nitrogens is 3. The number of carbonyl (C=O) groups excluding carboxylic acids is 1. The van der Waals surface area contributed by atoms with Crippen molar-refractivity contribution in [3.05, 3.63) is 58.4 Å². The van der Waals surface area contributed by atoms with Crippen LogP contribution >= 0.6 is 12.2 Å². The number of carbonyl (C=O) groups is 1. The van der Waals surface area contributed by atoms with Crippen molar-refractivity contribution >= 4 is 18.1 Å². The van der Waals surface area contributed by atoms with Crippen LogP contribution in [0.3, 0.4) is 0 Å². The second kappa shape index (κ2) is 10.2. The Morgan fingerprint density at radius 2 is 1.97 bits per heavy atom. The number of alkyl halides is 2. The molecule has 1 aromatic heterocycles. The summed E-state index contributed by atoms with van der Waals surface area (Å²) in [6, 6.07) is 12.5. The molecule has 0 saturated carbocycles. The normalized spacial score (nSPS) is 10.9. The molecule has 0 aliphatic carbocycles. The van der Waals surface area contributed by atoms with E-state index in [1.54, 1.807) is 16.7 Å². The van der Waals surface area contributed by atoms with Crippen LogP contribution in [0.2, 0.25) is 0 Å². The fourth-order valence-electron chi connectivity index (χ4n) is 3.00. The van der Waals surface area contributed by atoms with Crippen LogP contribution in [0, 0.1) is 11.7 Å². The number of hydrogen-bond acceptors (Lipinski definition) is 5. The van der Waals surface area contributed by atoms with Gasteiger partial charge in [0.05, 0.1) is 7.11 Å². The Morgan fingerprint density at radius 1 is 1.23 bits per heavy atom. The lowest BCUT2D eigenvalue weighted by Crippen LogP contribution is -2.29. The third kappa shape index (κ3) is 5.88. The van der Waals surface area contributed by atoms with Crippen molar-refractivity contribution in [2.75, 3.05) is 13.7 Å². The number of methoxy groups -OCH3 is 1. The minimum atomic E-state index is -2.95. The maximum atomic E-state index is 12.6. The van der Waals surface area contributed by atoms with E-state index in [2.05, 4.69) is 20.3 Å². The molecule has 2 N–H and O–H groups in total. The number of H-pyrrole nitrogens is 1. The van der Waals surface area contributed by atoms with E-state index in [1.807, 2.05) is 31.2 Å². The monoisotopic (exact) mass is 448 g/mol. The number of ether oxygens (including phenoxy) is 2. The number of nitrogens with one attached hydrogen (secondary N) is 2. The third-order valence-corrected chi connectivity index (χ3v) is 4.86. The average molecular weight is 448 g/mol. The van der Waals surface area contributed by atoms with Gasteiger partial charge in [0, 0.05) is 12.1 Å². The summed E-state index contributed by atoms with van der Waals surface area (Å²) in [5, 5.41) is 9.75. The summed E-state index contributed by atoms with van der Waals surface area (Å²) in [5.74, 6) is 0.493. The van der Waals surface area contributed by atoms with E-state index in [4.69, 9.17) is 17.0 Å². The standard InChI is InChI=1S/C21H22F2N4O3S/c1-13-3-6-15(7-4-13)19-25-26-21(31)27(19)12-18(28)24-10-9-14-5-8-16(29-2)17(11-14)30-20(22)23/h3-8,11,20H,9-10,12H2,1-2H3,(H,24,28)(H,26,31). The minimum absolute atomic E-state index is 0.000892. The van der Waals surface area contributed by atoms with Gasteiger partial charge in [-0.05, 0) is 43.3 Å². The number of benzene rings is 2. The van der Waals surface area contributed by atoms with Crippen LogP contribution in [0.1, 0.15) is 11.1 Å². The summed E-state index contributed by atoms with van der Waals surface area (Å²) in [6.45, 7) is -0.656. The Morgan fingerprint density at radius 3 is 2.65 bits per heavy atom. The first-order valence-corrected chi connectivity index (χ1v) is 9.89. The van der Waals surface area contributed by atoms with Gasteiger partial charge in [-0.15, -0.1) is 0 Å². The van der Waals surface area contributed by atoms with Gasteiger partial charge in [0.25, 0.3) is 0 Å². The number of nitrogens with zero attached hydrogens (tertiary/aromatic N) is 2. The molecule has 0 aliphatic heterocycles. The SMILES string of the molecule is COc1ccc(CCNC(=O)Cn2c(-c3ccc(C)cc3)n[nH]c2=S)cc1OC(F)F. The van der Waals surface area contributed by atoms with Crippen LogP contribution in [0.4, 0.5) is 8.78 Å². The quantitative estimate of drug-likeness (QED) is 0.486. The van der Waals surface area contributed by atoms with Gasteiger partial charge in [0.2, 0.25) is 5.91 Å². The van der Waals surface area contributed by atoms with Crippen LogP contribution in [-0.2, 0) is 17.8 Å². The van der Waals surface area contributed by atoms with Crippen molar-refractivity contribution in [1.29, 1.82) is 0 Å². The molecule has 0 atom stereocenters. The number of aromatic amines is 1. The molecule has 0 spiro atoms. The number of aryl methyl sites for hydroxylation is 1. The van der Waals surface area contributed by atoms with Crippen LogP contribution in [0.25, 0.3) is 11.4 Å². The second-order valence-electron chi connectivity index (χ2n) is 6.77. The van der Waals surface area contributed by atoms with Crippen molar-refractivity contribution in [2.45, 2.75) is 26.5 Å². The topological polar surface area (TPSA) is 81.2 Å². The fourth-order valence-corrected chi connectivity index (χ4v) is 3.19. The van der Waals surface area contributed by atoms with Crippen molar-refractivity contribution in [3.8, 4) is 22.9 Å². The van der Waals surface area contributed by atoms with E-state index in [9.17, 15) is 13.6 Å². The van der Waals surface area contributed by atoms with Gasteiger partial charge >= 0.3 is 6.61 Å². The van der Waals surface area contributed by atoms with Crippen molar-refractivity contribution in [1.82, 2.24) is 20.1 Å². The van der Waals surface area contributed by atoms with Crippen molar-refractivity contribution < 1.29 is 23.0 Å². The van der Waals surface area contributed by atoms with Crippen molar-refractivity contribution in [2.24, 2.45) is 0 Å². The second-order valence-corrected chi connectivity index (χ2v) is 7.15. The Kier molecular flexibility index (Phi) is 7.35. The highest BCUT2D eigenvalue weighted by molar-refractivity contribution is 7.71. The van der Waals surface area contributed by atoms with Gasteiger partial charge in [-0.3, -0.25) is 14.5 Å². The molecule has 0 radical (unpaired) electrons. The zero-order chi connectivity index (χ0) is 22.4. The maximum absolute atomic E-state index is 12.6. The zero-order valence-corrected chi connectivity index (χ0v) is 17.8. The zero-order valence-electron chi connectivity index (χ0n) is 17.0. The van der Waals surface area contributed by atoms with Crippen LogP contribution in [0.5, 0.6) is 11.5 Å². The van der Waals surface area contributed by atoms with E-state index in [1.165, 1.54) is 13.2 Å². The van der Waals surface area contributed by atoms with Gasteiger partial charge < -0.3 is 14.8 Å². The minimum Gasteiger partial charge on any atom is -0.493 e. The third-order valence-electron chi connectivity index (χ3n) is 4.55. The lowest BCUT2D eigenvalue weighted by Gasteiger charge is -2.12. The molecule has 1 heterocycles. The van der Waals surface area contributed by atoms with E-state index in [0.29, 0.717) is 23.6 Å². The summed E-state index contributed by atoms with van der Waals surface area (Å²) < 4.78 is 36.6. The molecule has 3 rings (SSSR count). The maximum Gasteiger partial charge on any atom is 0.387 e. The van der Waals surface area contributed by atoms with E-state index in [0.717, 1.165) is 16.7 Å². The van der Waals surface area contributed by atoms with Crippen LogP contribution < -0.4 is 14.8 Å². The lowest BCUT2D eigenvalue weighted by atomic mass is 10.1. The predicted octanol–water partition coefficient (Wildman–Crippen LogP) is 3.89. The number of halogens is 2. The largest absolute Gasteiger partial charge is 0.493 e. The van der Waals surface area contributed by atoms with Crippen LogP contribution in [-0.4, -0.2) is 40.9 Å². The summed E-state index contributed by atoms with van der Waals surface area (Å²) in [5.41, 5.74) is 2.68. The first-order valence-electron chi connectivity index (χ1n) is 9.48. The summed E-state index contributed by atoms with van der Waals surface area (Å²) in [6.07, 6.45) is 0.428.